The number of allylic oxidation sites excluding steroid dienone is 2. The van der Waals surface area contributed by atoms with Crippen LogP contribution in [0.4, 0.5) is 16.2 Å². The van der Waals surface area contributed by atoms with Gasteiger partial charge in [0.25, 0.3) is 5.91 Å². The Hall–Kier alpha value is -3.89. The molecular weight excluding hydrogens is 624 g/mol. The largest absolute Gasteiger partial charge is 0.481 e. The minimum absolute atomic E-state index is 0.123. The van der Waals surface area contributed by atoms with E-state index in [-0.39, 0.29) is 28.1 Å². The molecular formula is C35H45ClN2O7Si. The average molecular weight is 669 g/mol. The van der Waals surface area contributed by atoms with Crippen molar-refractivity contribution in [3.8, 4) is 0 Å². The summed E-state index contributed by atoms with van der Waals surface area (Å²) in [5.74, 6) is -2.27. The lowest BCUT2D eigenvalue weighted by atomic mass is 9.73. The summed E-state index contributed by atoms with van der Waals surface area (Å²) in [6, 6.07) is 12.2. The summed E-state index contributed by atoms with van der Waals surface area (Å²) in [5, 5.41) is 16.1. The fraction of sp³-hybridized carbons (Fsp3) is 0.429. The van der Waals surface area contributed by atoms with Crippen LogP contribution < -0.4 is 10.6 Å². The summed E-state index contributed by atoms with van der Waals surface area (Å²) in [6.07, 6.45) is 2.74. The molecule has 46 heavy (non-hydrogen) atoms. The van der Waals surface area contributed by atoms with Gasteiger partial charge in [-0.2, -0.15) is 0 Å². The molecule has 0 bridgehead atoms. The van der Waals surface area contributed by atoms with Gasteiger partial charge in [-0.05, 0) is 84.2 Å². The van der Waals surface area contributed by atoms with Crippen LogP contribution in [0.3, 0.4) is 0 Å². The maximum absolute atomic E-state index is 13.9. The number of benzene rings is 2. The van der Waals surface area contributed by atoms with Gasteiger partial charge in [0, 0.05) is 29.8 Å². The third kappa shape index (κ3) is 9.80. The fourth-order valence-corrected chi connectivity index (χ4v) is 6.36. The number of hydrogen-bond acceptors (Lipinski definition) is 6. The van der Waals surface area contributed by atoms with E-state index in [9.17, 15) is 24.3 Å². The van der Waals surface area contributed by atoms with E-state index in [1.54, 1.807) is 96.2 Å². The highest BCUT2D eigenvalue weighted by molar-refractivity contribution is 6.76. The zero-order chi connectivity index (χ0) is 34.7. The standard InChI is InChI=1S/C35H45ClN2O7Si/c1-33(2,3)44-30(40)24-21-35(31(41)42,19-20-46(7,8)9)18-17-22(24)28-23(13-12-14-25(28)36)29(39)37-26-15-10-11-16-27(26)38-32(43)45-34(4,5)6/h10-18H,19-21H2,1-9H3,(H,37,39)(H,38,43)(H,41,42)/t35-/m1/s1. The van der Waals surface area contributed by atoms with E-state index in [1.165, 1.54) is 0 Å². The molecule has 0 aliphatic heterocycles. The molecule has 0 aromatic heterocycles. The first-order chi connectivity index (χ1) is 21.1. The third-order valence-corrected chi connectivity index (χ3v) is 9.18. The minimum atomic E-state index is -1.64. The second-order valence-electron chi connectivity index (χ2n) is 14.7. The van der Waals surface area contributed by atoms with Gasteiger partial charge in [-0.1, -0.05) is 67.6 Å². The molecule has 3 rings (SSSR count). The first kappa shape index (κ1) is 36.6. The maximum atomic E-state index is 13.9. The maximum Gasteiger partial charge on any atom is 0.412 e. The Labute approximate surface area is 277 Å². The SMILES string of the molecule is CC(C)(C)OC(=O)Nc1ccccc1NC(=O)c1cccc(Cl)c1C1=C(C(=O)OC(C)(C)C)C[C@@](CC[Si](C)(C)C)(C(=O)O)C=C1. The number of halogens is 1. The van der Waals surface area contributed by atoms with Gasteiger partial charge in [0.2, 0.25) is 0 Å². The van der Waals surface area contributed by atoms with Crippen LogP contribution in [0.5, 0.6) is 0 Å². The second kappa shape index (κ2) is 13.8. The number of anilines is 2. The number of ether oxygens (including phenoxy) is 2. The van der Waals surface area contributed by atoms with Crippen LogP contribution >= 0.6 is 11.6 Å². The van der Waals surface area contributed by atoms with Gasteiger partial charge in [0.05, 0.1) is 16.8 Å². The molecule has 1 atom stereocenters. The van der Waals surface area contributed by atoms with Crippen LogP contribution in [0.2, 0.25) is 30.7 Å². The Kier molecular flexibility index (Phi) is 11.0. The molecule has 0 radical (unpaired) electrons. The first-order valence-electron chi connectivity index (χ1n) is 15.2. The van der Waals surface area contributed by atoms with E-state index in [0.717, 1.165) is 6.04 Å². The molecule has 0 saturated heterocycles. The van der Waals surface area contributed by atoms with E-state index in [4.69, 9.17) is 21.1 Å². The minimum Gasteiger partial charge on any atom is -0.481 e. The zero-order valence-corrected chi connectivity index (χ0v) is 29.8. The van der Waals surface area contributed by atoms with Crippen molar-refractivity contribution in [2.24, 2.45) is 5.41 Å². The molecule has 0 spiro atoms. The number of amides is 2. The van der Waals surface area contributed by atoms with E-state index >= 15 is 0 Å². The van der Waals surface area contributed by atoms with Gasteiger partial charge in [-0.15, -0.1) is 0 Å². The van der Waals surface area contributed by atoms with E-state index in [2.05, 4.69) is 30.3 Å². The highest BCUT2D eigenvalue weighted by Gasteiger charge is 2.43. The Balaban J connectivity index is 2.11. The van der Waals surface area contributed by atoms with Gasteiger partial charge in [0.15, 0.2) is 0 Å². The molecule has 2 aromatic carbocycles. The molecule has 11 heteroatoms. The Morgan fingerprint density at radius 3 is 2.02 bits per heavy atom. The van der Waals surface area contributed by atoms with Crippen molar-refractivity contribution < 1.29 is 33.8 Å². The fourth-order valence-electron chi connectivity index (χ4n) is 4.88. The van der Waals surface area contributed by atoms with Crippen molar-refractivity contribution in [2.45, 2.75) is 91.3 Å². The molecule has 1 aliphatic rings. The summed E-state index contributed by atoms with van der Waals surface area (Å²) < 4.78 is 11.1. The number of hydrogen-bond donors (Lipinski definition) is 3. The quantitative estimate of drug-likeness (QED) is 0.180. The number of carbonyl (C=O) groups excluding carboxylic acids is 3. The molecule has 0 heterocycles. The number of esters is 1. The summed E-state index contributed by atoms with van der Waals surface area (Å²) in [7, 11) is -1.64. The monoisotopic (exact) mass is 668 g/mol. The van der Waals surface area contributed by atoms with Crippen molar-refractivity contribution in [3.63, 3.8) is 0 Å². The molecule has 0 saturated carbocycles. The van der Waals surface area contributed by atoms with Crippen LogP contribution in [0.1, 0.15) is 70.3 Å². The van der Waals surface area contributed by atoms with Crippen LogP contribution in [-0.2, 0) is 19.1 Å². The highest BCUT2D eigenvalue weighted by Crippen LogP contribution is 2.45. The molecule has 9 nitrogen and oxygen atoms in total. The lowest BCUT2D eigenvalue weighted by Crippen LogP contribution is -2.36. The number of aliphatic carboxylic acids is 1. The molecule has 2 amide bonds. The van der Waals surface area contributed by atoms with E-state index in [1.807, 2.05) is 0 Å². The number of carboxylic acids is 1. The number of rotatable bonds is 9. The molecule has 248 valence electrons. The van der Waals surface area contributed by atoms with E-state index in [0.29, 0.717) is 23.4 Å². The molecule has 1 aliphatic carbocycles. The second-order valence-corrected chi connectivity index (χ2v) is 20.7. The number of carboxylic acid groups (broad SMARTS) is 1. The van der Waals surface area contributed by atoms with Crippen molar-refractivity contribution in [2.75, 3.05) is 10.6 Å². The number of carbonyl (C=O) groups is 4. The summed E-state index contributed by atoms with van der Waals surface area (Å²) in [4.78, 5) is 52.9. The molecule has 2 aromatic rings. The number of nitrogens with one attached hydrogen (secondary N) is 2. The van der Waals surface area contributed by atoms with Gasteiger partial charge in [-0.25, -0.2) is 9.59 Å². The first-order valence-corrected chi connectivity index (χ1v) is 19.3. The van der Waals surface area contributed by atoms with E-state index < -0.39 is 48.6 Å². The Morgan fingerprint density at radius 1 is 0.891 bits per heavy atom. The Bertz CT molecular complexity index is 1580. The van der Waals surface area contributed by atoms with Crippen molar-refractivity contribution in [3.05, 3.63) is 76.3 Å². The molecule has 0 unspecified atom stereocenters. The number of para-hydroxylation sites is 2. The average Bonchev–Trinajstić information content (AvgIpc) is 2.90. The van der Waals surface area contributed by atoms with Crippen molar-refractivity contribution in [1.82, 2.24) is 0 Å². The topological polar surface area (TPSA) is 131 Å². The normalized spacial score (nSPS) is 16.9. The lowest BCUT2D eigenvalue weighted by molar-refractivity contribution is -0.151. The van der Waals surface area contributed by atoms with Crippen LogP contribution in [-0.4, -0.2) is 48.3 Å². The predicted octanol–water partition coefficient (Wildman–Crippen LogP) is 8.79. The van der Waals surface area contributed by atoms with Crippen LogP contribution in [0.25, 0.3) is 5.57 Å². The van der Waals surface area contributed by atoms with Crippen molar-refractivity contribution in [1.29, 1.82) is 0 Å². The smallest absolute Gasteiger partial charge is 0.412 e. The van der Waals surface area contributed by atoms with Gasteiger partial charge < -0.3 is 19.9 Å². The highest BCUT2D eigenvalue weighted by atomic mass is 35.5. The predicted molar refractivity (Wildman–Crippen MR) is 185 cm³/mol. The van der Waals surface area contributed by atoms with Crippen molar-refractivity contribution >= 4 is 60.6 Å². The lowest BCUT2D eigenvalue weighted by Gasteiger charge is -2.34. The Morgan fingerprint density at radius 2 is 1.48 bits per heavy atom. The summed E-state index contributed by atoms with van der Waals surface area (Å²) in [6.45, 7) is 16.9. The van der Waals surface area contributed by atoms with Gasteiger partial charge in [0.1, 0.15) is 11.2 Å². The summed E-state index contributed by atoms with van der Waals surface area (Å²) >= 11 is 6.74. The van der Waals surface area contributed by atoms with Crippen LogP contribution in [0.15, 0.2) is 60.2 Å². The van der Waals surface area contributed by atoms with Gasteiger partial charge in [-0.3, -0.25) is 14.9 Å². The molecule has 3 N–H and O–H groups in total. The summed E-state index contributed by atoms with van der Waals surface area (Å²) in [5.41, 5.74) is -1.43. The third-order valence-electron chi connectivity index (χ3n) is 7.12. The van der Waals surface area contributed by atoms with Gasteiger partial charge >= 0.3 is 18.0 Å². The molecule has 0 fully saturated rings. The van der Waals surface area contributed by atoms with Crippen LogP contribution in [0, 0.1) is 5.41 Å². The zero-order valence-electron chi connectivity index (χ0n) is 28.1.